The van der Waals surface area contributed by atoms with Crippen LogP contribution in [-0.4, -0.2) is 35.3 Å². The number of nitrogens with zero attached hydrogens (tertiary/aromatic N) is 2. The Hall–Kier alpha value is -2.83. The van der Waals surface area contributed by atoms with Gasteiger partial charge in [-0.15, -0.1) is 0 Å². The van der Waals surface area contributed by atoms with Gasteiger partial charge >= 0.3 is 0 Å². The maximum absolute atomic E-state index is 13.3. The normalized spacial score (nSPS) is 11.1. The van der Waals surface area contributed by atoms with Crippen molar-refractivity contribution in [3.8, 4) is 0 Å². The first kappa shape index (κ1) is 19.5. The number of likely N-dealkylation sites (N-methyl/N-ethyl adjacent to an activating group) is 1. The summed E-state index contributed by atoms with van der Waals surface area (Å²) in [6.07, 6.45) is 3.98. The van der Waals surface area contributed by atoms with E-state index in [-0.39, 0.29) is 11.6 Å². The van der Waals surface area contributed by atoms with Crippen molar-refractivity contribution < 1.29 is 18.4 Å². The second kappa shape index (κ2) is 8.03. The Morgan fingerprint density at radius 1 is 1.12 bits per heavy atom. The Morgan fingerprint density at radius 2 is 1.77 bits per heavy atom. The van der Waals surface area contributed by atoms with E-state index < -0.39 is 23.0 Å². The lowest BCUT2D eigenvalue weighted by atomic mass is 9.90. The van der Waals surface area contributed by atoms with Crippen molar-refractivity contribution >= 4 is 17.5 Å². The molecule has 0 aliphatic carbocycles. The average molecular weight is 361 g/mol. The molecule has 0 bridgehead atoms. The van der Waals surface area contributed by atoms with Gasteiger partial charge in [-0.3, -0.25) is 14.6 Å². The summed E-state index contributed by atoms with van der Waals surface area (Å²) in [4.78, 5) is 30.5. The smallest absolute Gasteiger partial charge is 0.239 e. The van der Waals surface area contributed by atoms with E-state index in [1.54, 1.807) is 19.4 Å². The Morgan fingerprint density at radius 3 is 2.38 bits per heavy atom. The van der Waals surface area contributed by atoms with Gasteiger partial charge in [0.25, 0.3) is 0 Å². The Kier molecular flexibility index (Phi) is 6.02. The predicted molar refractivity (Wildman–Crippen MR) is 94.3 cm³/mol. The highest BCUT2D eigenvalue weighted by Crippen LogP contribution is 2.22. The molecule has 0 atom stereocenters. The first-order chi connectivity index (χ1) is 12.2. The number of anilines is 1. The van der Waals surface area contributed by atoms with Gasteiger partial charge in [0.05, 0.1) is 0 Å². The molecule has 0 fully saturated rings. The predicted octanol–water partition coefficient (Wildman–Crippen LogP) is 3.03. The highest BCUT2D eigenvalue weighted by atomic mass is 19.2. The van der Waals surface area contributed by atoms with Crippen molar-refractivity contribution in [2.45, 2.75) is 20.3 Å². The zero-order valence-electron chi connectivity index (χ0n) is 14.9. The van der Waals surface area contributed by atoms with Crippen LogP contribution in [0.4, 0.5) is 14.5 Å². The summed E-state index contributed by atoms with van der Waals surface area (Å²) in [5.74, 6) is -3.04. The van der Waals surface area contributed by atoms with Crippen molar-refractivity contribution in [1.82, 2.24) is 9.88 Å². The number of rotatable bonds is 6. The molecular formula is C19H21F2N3O2. The summed E-state index contributed by atoms with van der Waals surface area (Å²) in [6, 6.07) is 6.75. The molecule has 2 amide bonds. The fourth-order valence-electron chi connectivity index (χ4n) is 2.38. The molecule has 0 aliphatic heterocycles. The van der Waals surface area contributed by atoms with Crippen molar-refractivity contribution in [2.24, 2.45) is 5.41 Å². The number of hydrogen-bond donors (Lipinski definition) is 1. The molecule has 2 rings (SSSR count). The molecular weight excluding hydrogens is 340 g/mol. The molecule has 1 N–H and O–H groups in total. The van der Waals surface area contributed by atoms with Gasteiger partial charge in [-0.2, -0.15) is 0 Å². The molecule has 0 aliphatic rings. The quantitative estimate of drug-likeness (QED) is 0.805. The van der Waals surface area contributed by atoms with Crippen LogP contribution < -0.4 is 5.32 Å². The standard InChI is InChI=1S/C19H21F2N3O2/c1-19(2,17(25)23-14-4-5-15(20)16(21)12-14)18(26)24(3)11-8-13-6-9-22-10-7-13/h4-7,9-10,12H,8,11H2,1-3H3,(H,23,25). The lowest BCUT2D eigenvalue weighted by molar-refractivity contribution is -0.145. The second-order valence-corrected chi connectivity index (χ2v) is 6.54. The van der Waals surface area contributed by atoms with E-state index in [1.165, 1.54) is 24.8 Å². The number of nitrogens with one attached hydrogen (secondary N) is 1. The molecule has 0 unspecified atom stereocenters. The third-order valence-corrected chi connectivity index (χ3v) is 4.11. The molecule has 5 nitrogen and oxygen atoms in total. The van der Waals surface area contributed by atoms with Crippen LogP contribution in [0.2, 0.25) is 0 Å². The van der Waals surface area contributed by atoms with Gasteiger partial charge in [0.2, 0.25) is 11.8 Å². The molecule has 1 heterocycles. The molecule has 138 valence electrons. The molecule has 7 heteroatoms. The fourth-order valence-corrected chi connectivity index (χ4v) is 2.38. The van der Waals surface area contributed by atoms with E-state index in [0.29, 0.717) is 13.0 Å². The first-order valence-corrected chi connectivity index (χ1v) is 8.13. The van der Waals surface area contributed by atoms with E-state index in [4.69, 9.17) is 0 Å². The van der Waals surface area contributed by atoms with Crippen LogP contribution in [0.15, 0.2) is 42.7 Å². The number of pyridine rings is 1. The van der Waals surface area contributed by atoms with Crippen LogP contribution in [0.25, 0.3) is 0 Å². The highest BCUT2D eigenvalue weighted by molar-refractivity contribution is 6.09. The summed E-state index contributed by atoms with van der Waals surface area (Å²) in [7, 11) is 1.62. The Labute approximate surface area is 151 Å². The molecule has 2 aromatic rings. The van der Waals surface area contributed by atoms with Crippen LogP contribution in [0.3, 0.4) is 0 Å². The first-order valence-electron chi connectivity index (χ1n) is 8.13. The van der Waals surface area contributed by atoms with Crippen molar-refractivity contribution in [1.29, 1.82) is 0 Å². The second-order valence-electron chi connectivity index (χ2n) is 6.54. The topological polar surface area (TPSA) is 62.3 Å². The van der Waals surface area contributed by atoms with Gasteiger partial charge in [-0.05, 0) is 50.1 Å². The number of amides is 2. The summed E-state index contributed by atoms with van der Waals surface area (Å²) in [5, 5.41) is 2.46. The van der Waals surface area contributed by atoms with Crippen LogP contribution in [-0.2, 0) is 16.0 Å². The van der Waals surface area contributed by atoms with Crippen molar-refractivity contribution in [3.63, 3.8) is 0 Å². The zero-order valence-corrected chi connectivity index (χ0v) is 14.9. The molecule has 0 spiro atoms. The molecule has 1 aromatic heterocycles. The number of carbonyl (C=O) groups is 2. The van der Waals surface area contributed by atoms with Crippen LogP contribution in [0.5, 0.6) is 0 Å². The number of benzene rings is 1. The molecule has 26 heavy (non-hydrogen) atoms. The Bertz CT molecular complexity index is 795. The zero-order chi connectivity index (χ0) is 19.3. The SMILES string of the molecule is CN(CCc1ccncc1)C(=O)C(C)(C)C(=O)Nc1ccc(F)c(F)c1. The highest BCUT2D eigenvalue weighted by Gasteiger charge is 2.38. The van der Waals surface area contributed by atoms with Gasteiger partial charge in [0, 0.05) is 37.7 Å². The van der Waals surface area contributed by atoms with E-state index >= 15 is 0 Å². The Balaban J connectivity index is 2.00. The van der Waals surface area contributed by atoms with E-state index in [2.05, 4.69) is 10.3 Å². The van der Waals surface area contributed by atoms with Crippen LogP contribution in [0, 0.1) is 17.0 Å². The van der Waals surface area contributed by atoms with Gasteiger partial charge in [0.1, 0.15) is 5.41 Å². The van der Waals surface area contributed by atoms with E-state index in [0.717, 1.165) is 17.7 Å². The minimum Gasteiger partial charge on any atom is -0.345 e. The summed E-state index contributed by atoms with van der Waals surface area (Å²) in [6.45, 7) is 3.42. The van der Waals surface area contributed by atoms with Gasteiger partial charge in [0.15, 0.2) is 11.6 Å². The number of hydrogen-bond acceptors (Lipinski definition) is 3. The van der Waals surface area contributed by atoms with Gasteiger partial charge < -0.3 is 10.2 Å². The third kappa shape index (κ3) is 4.62. The van der Waals surface area contributed by atoms with Crippen molar-refractivity contribution in [2.75, 3.05) is 18.9 Å². The number of carbonyl (C=O) groups excluding carboxylic acids is 2. The lowest BCUT2D eigenvalue weighted by Crippen LogP contribution is -2.46. The van der Waals surface area contributed by atoms with Crippen molar-refractivity contribution in [3.05, 3.63) is 59.9 Å². The molecule has 0 saturated carbocycles. The van der Waals surface area contributed by atoms with Gasteiger partial charge in [-0.1, -0.05) is 0 Å². The minimum atomic E-state index is -1.36. The fraction of sp³-hybridized carbons (Fsp3) is 0.316. The van der Waals surface area contributed by atoms with Crippen LogP contribution in [0.1, 0.15) is 19.4 Å². The third-order valence-electron chi connectivity index (χ3n) is 4.11. The maximum Gasteiger partial charge on any atom is 0.239 e. The molecule has 0 saturated heterocycles. The summed E-state index contributed by atoms with van der Waals surface area (Å²) in [5.41, 5.74) is -0.240. The largest absolute Gasteiger partial charge is 0.345 e. The maximum atomic E-state index is 13.3. The summed E-state index contributed by atoms with van der Waals surface area (Å²) < 4.78 is 26.2. The molecule has 0 radical (unpaired) electrons. The minimum absolute atomic E-state index is 0.0919. The number of aromatic nitrogens is 1. The lowest BCUT2D eigenvalue weighted by Gasteiger charge is -2.28. The van der Waals surface area contributed by atoms with E-state index in [9.17, 15) is 18.4 Å². The number of halogens is 2. The molecule has 1 aromatic carbocycles. The monoisotopic (exact) mass is 361 g/mol. The van der Waals surface area contributed by atoms with Crippen LogP contribution >= 0.6 is 0 Å². The summed E-state index contributed by atoms with van der Waals surface area (Å²) >= 11 is 0. The average Bonchev–Trinajstić information content (AvgIpc) is 2.62. The van der Waals surface area contributed by atoms with E-state index in [1.807, 2.05) is 12.1 Å². The van der Waals surface area contributed by atoms with Gasteiger partial charge in [-0.25, -0.2) is 8.78 Å².